The number of aryl methyl sites for hydroxylation is 2. The third-order valence-electron chi connectivity index (χ3n) is 5.74. The number of carbonyl (C=O) groups excluding carboxylic acids is 1. The number of anilines is 1. The lowest BCUT2D eigenvalue weighted by atomic mass is 9.74. The van der Waals surface area contributed by atoms with E-state index in [4.69, 9.17) is 4.74 Å². The lowest BCUT2D eigenvalue weighted by Gasteiger charge is -2.37. The molecule has 2 aliphatic rings. The molecule has 1 aliphatic heterocycles. The fourth-order valence-electron chi connectivity index (χ4n) is 4.09. The molecule has 1 aliphatic carbocycles. The molecular formula is C21H27N3O2S. The summed E-state index contributed by atoms with van der Waals surface area (Å²) in [5, 5.41) is 6.77. The molecule has 1 aromatic carbocycles. The first-order valence-corrected chi connectivity index (χ1v) is 10.7. The van der Waals surface area contributed by atoms with Gasteiger partial charge in [0, 0.05) is 30.1 Å². The van der Waals surface area contributed by atoms with Crippen LogP contribution in [-0.4, -0.2) is 30.8 Å². The van der Waals surface area contributed by atoms with E-state index in [-0.39, 0.29) is 11.4 Å². The number of amides is 2. The Bertz CT molecular complexity index is 745. The molecule has 0 atom stereocenters. The highest BCUT2D eigenvalue weighted by atomic mass is 32.1. The van der Waals surface area contributed by atoms with Crippen LogP contribution in [0.4, 0.5) is 9.93 Å². The van der Waals surface area contributed by atoms with Gasteiger partial charge in [-0.15, -0.1) is 11.3 Å². The summed E-state index contributed by atoms with van der Waals surface area (Å²) in [5.74, 6) is 0. The number of nitrogens with one attached hydrogen (secondary N) is 2. The van der Waals surface area contributed by atoms with Crippen LogP contribution < -0.4 is 10.6 Å². The average molecular weight is 386 g/mol. The molecule has 2 amide bonds. The first kappa shape index (κ1) is 18.4. The number of urea groups is 1. The smallest absolute Gasteiger partial charge is 0.321 e. The maximum atomic E-state index is 12.5. The van der Waals surface area contributed by atoms with Crippen molar-refractivity contribution in [3.8, 4) is 0 Å². The Balaban J connectivity index is 1.40. The number of hydrogen-bond donors (Lipinski definition) is 2. The maximum Gasteiger partial charge on any atom is 0.321 e. The van der Waals surface area contributed by atoms with Crippen molar-refractivity contribution < 1.29 is 9.53 Å². The minimum Gasteiger partial charge on any atom is -0.381 e. The molecule has 1 aromatic heterocycles. The van der Waals surface area contributed by atoms with Crippen LogP contribution in [0.5, 0.6) is 0 Å². The number of rotatable bonds is 4. The summed E-state index contributed by atoms with van der Waals surface area (Å²) >= 11 is 1.63. The van der Waals surface area contributed by atoms with E-state index in [9.17, 15) is 4.79 Å². The minimum atomic E-state index is -0.166. The summed E-state index contributed by atoms with van der Waals surface area (Å²) in [5.41, 5.74) is 2.39. The number of nitrogens with zero attached hydrogens (tertiary/aromatic N) is 1. The van der Waals surface area contributed by atoms with Crippen LogP contribution in [0.3, 0.4) is 0 Å². The molecule has 2 heterocycles. The number of hydrogen-bond acceptors (Lipinski definition) is 4. The average Bonchev–Trinajstić information content (AvgIpc) is 2.95. The second-order valence-corrected chi connectivity index (χ2v) is 8.60. The fourth-order valence-corrected chi connectivity index (χ4v) is 5.14. The van der Waals surface area contributed by atoms with Crippen molar-refractivity contribution in [2.45, 2.75) is 50.4 Å². The van der Waals surface area contributed by atoms with Crippen molar-refractivity contribution in [1.82, 2.24) is 10.3 Å². The molecule has 27 heavy (non-hydrogen) atoms. The molecule has 5 nitrogen and oxygen atoms in total. The minimum absolute atomic E-state index is 0.0586. The van der Waals surface area contributed by atoms with E-state index >= 15 is 0 Å². The zero-order valence-corrected chi connectivity index (χ0v) is 16.4. The molecule has 144 valence electrons. The van der Waals surface area contributed by atoms with Crippen molar-refractivity contribution in [3.05, 3.63) is 46.5 Å². The lowest BCUT2D eigenvalue weighted by molar-refractivity contribution is 0.0508. The molecule has 0 bridgehead atoms. The van der Waals surface area contributed by atoms with Crippen molar-refractivity contribution in [2.75, 3.05) is 25.1 Å². The zero-order chi connectivity index (χ0) is 18.5. The number of fused-ring (bicyclic) bond motifs is 1. The maximum absolute atomic E-state index is 12.5. The van der Waals surface area contributed by atoms with Crippen LogP contribution in [-0.2, 0) is 23.0 Å². The van der Waals surface area contributed by atoms with Crippen molar-refractivity contribution in [1.29, 1.82) is 0 Å². The fraction of sp³-hybridized carbons (Fsp3) is 0.524. The van der Waals surface area contributed by atoms with Gasteiger partial charge in [0.1, 0.15) is 0 Å². The molecule has 0 unspecified atom stereocenters. The largest absolute Gasteiger partial charge is 0.381 e. The second-order valence-electron chi connectivity index (χ2n) is 7.52. The van der Waals surface area contributed by atoms with Gasteiger partial charge in [0.2, 0.25) is 0 Å². The Morgan fingerprint density at radius 2 is 1.89 bits per heavy atom. The molecule has 6 heteroatoms. The van der Waals surface area contributed by atoms with Crippen molar-refractivity contribution in [2.24, 2.45) is 0 Å². The molecule has 4 rings (SSSR count). The summed E-state index contributed by atoms with van der Waals surface area (Å²) in [6.07, 6.45) is 7.66. The summed E-state index contributed by atoms with van der Waals surface area (Å²) in [6, 6.07) is 10.3. The Morgan fingerprint density at radius 1 is 1.11 bits per heavy atom. The van der Waals surface area contributed by atoms with E-state index < -0.39 is 0 Å². The van der Waals surface area contributed by atoms with Gasteiger partial charge in [-0.05, 0) is 44.1 Å². The van der Waals surface area contributed by atoms with Gasteiger partial charge in [-0.1, -0.05) is 36.8 Å². The van der Waals surface area contributed by atoms with Gasteiger partial charge in [0.25, 0.3) is 0 Å². The number of thiazole rings is 1. The Morgan fingerprint density at radius 3 is 2.70 bits per heavy atom. The Kier molecular flexibility index (Phi) is 5.74. The molecular weight excluding hydrogens is 358 g/mol. The third-order valence-corrected chi connectivity index (χ3v) is 6.81. The molecule has 2 N–H and O–H groups in total. The normalized spacial score (nSPS) is 19.0. The summed E-state index contributed by atoms with van der Waals surface area (Å²) < 4.78 is 5.57. The van der Waals surface area contributed by atoms with Crippen LogP contribution in [0.2, 0.25) is 0 Å². The van der Waals surface area contributed by atoms with Gasteiger partial charge in [0.15, 0.2) is 5.13 Å². The van der Waals surface area contributed by atoms with Crippen molar-refractivity contribution in [3.63, 3.8) is 0 Å². The monoisotopic (exact) mass is 385 g/mol. The molecule has 0 radical (unpaired) electrons. The SMILES string of the molecule is O=C(NCC1(c2ccccc2)CCOCC1)Nc1nc2c(s1)CCCCC2. The molecule has 0 spiro atoms. The highest BCUT2D eigenvalue weighted by molar-refractivity contribution is 7.15. The van der Waals surface area contributed by atoms with E-state index in [0.29, 0.717) is 6.54 Å². The molecule has 1 saturated heterocycles. The van der Waals surface area contributed by atoms with Gasteiger partial charge in [0.05, 0.1) is 5.69 Å². The van der Waals surface area contributed by atoms with Crippen LogP contribution in [0.1, 0.15) is 48.2 Å². The van der Waals surface area contributed by atoms with E-state index in [1.807, 2.05) is 6.07 Å². The Labute approximate surface area is 164 Å². The molecule has 0 saturated carbocycles. The van der Waals surface area contributed by atoms with Gasteiger partial charge < -0.3 is 10.1 Å². The number of ether oxygens (including phenoxy) is 1. The summed E-state index contributed by atoms with van der Waals surface area (Å²) in [6.45, 7) is 2.08. The number of benzene rings is 1. The quantitative estimate of drug-likeness (QED) is 0.772. The van der Waals surface area contributed by atoms with E-state index in [2.05, 4.69) is 39.9 Å². The van der Waals surface area contributed by atoms with Crippen LogP contribution >= 0.6 is 11.3 Å². The van der Waals surface area contributed by atoms with Gasteiger partial charge in [-0.2, -0.15) is 0 Å². The topological polar surface area (TPSA) is 63.2 Å². The van der Waals surface area contributed by atoms with Gasteiger partial charge >= 0.3 is 6.03 Å². The highest BCUT2D eigenvalue weighted by Crippen LogP contribution is 2.34. The number of carbonyl (C=O) groups is 1. The van der Waals surface area contributed by atoms with Crippen molar-refractivity contribution >= 4 is 22.5 Å². The predicted molar refractivity (Wildman–Crippen MR) is 109 cm³/mol. The molecule has 2 aromatic rings. The summed E-state index contributed by atoms with van der Waals surface area (Å²) in [7, 11) is 0. The lowest BCUT2D eigenvalue weighted by Crippen LogP contribution is -2.45. The standard InChI is InChI=1S/C21H27N3O2S/c25-19(24-20-23-17-9-5-2-6-10-18(17)27-20)22-15-21(11-13-26-14-12-21)16-7-3-1-4-8-16/h1,3-4,7-8H,2,5-6,9-15H2,(H2,22,23,24,25). The number of aromatic nitrogens is 1. The van der Waals surface area contributed by atoms with E-state index in [1.165, 1.54) is 35.4 Å². The second kappa shape index (κ2) is 8.40. The predicted octanol–water partition coefficient (Wildman–Crippen LogP) is 4.28. The zero-order valence-electron chi connectivity index (χ0n) is 15.6. The molecule has 1 fully saturated rings. The van der Waals surface area contributed by atoms with Crippen LogP contribution in [0, 0.1) is 0 Å². The van der Waals surface area contributed by atoms with Gasteiger partial charge in [-0.3, -0.25) is 5.32 Å². The van der Waals surface area contributed by atoms with Gasteiger partial charge in [-0.25, -0.2) is 9.78 Å². The van der Waals surface area contributed by atoms with E-state index in [0.717, 1.165) is 44.0 Å². The summed E-state index contributed by atoms with van der Waals surface area (Å²) in [4.78, 5) is 18.5. The highest BCUT2D eigenvalue weighted by Gasteiger charge is 2.34. The van der Waals surface area contributed by atoms with Crippen LogP contribution in [0.25, 0.3) is 0 Å². The first-order chi connectivity index (χ1) is 13.3. The van der Waals surface area contributed by atoms with Crippen LogP contribution in [0.15, 0.2) is 30.3 Å². The first-order valence-electron chi connectivity index (χ1n) is 9.92. The van der Waals surface area contributed by atoms with E-state index in [1.54, 1.807) is 11.3 Å². The third kappa shape index (κ3) is 4.33. The Hall–Kier alpha value is -1.92.